The molecule has 2 saturated heterocycles. The van der Waals surface area contributed by atoms with Crippen molar-refractivity contribution in [1.29, 1.82) is 0 Å². The van der Waals surface area contributed by atoms with Crippen LogP contribution in [-0.4, -0.2) is 59.0 Å². The zero-order valence-electron chi connectivity index (χ0n) is 22.4. The summed E-state index contributed by atoms with van der Waals surface area (Å²) in [5.41, 5.74) is 6.15. The fourth-order valence-corrected chi connectivity index (χ4v) is 5.99. The maximum absolute atomic E-state index is 13.5. The summed E-state index contributed by atoms with van der Waals surface area (Å²) in [6, 6.07) is 11.6. The number of nitrogens with zero attached hydrogens (tertiary/aromatic N) is 2. The van der Waals surface area contributed by atoms with Crippen LogP contribution in [0.25, 0.3) is 22.2 Å². The van der Waals surface area contributed by atoms with Gasteiger partial charge < -0.3 is 15.6 Å². The lowest BCUT2D eigenvalue weighted by Gasteiger charge is -2.37. The Morgan fingerprint density at radius 2 is 1.92 bits per heavy atom. The molecule has 3 aromatic rings. The zero-order valence-corrected chi connectivity index (χ0v) is 22.4. The van der Waals surface area contributed by atoms with Crippen LogP contribution in [0, 0.1) is 6.92 Å². The second kappa shape index (κ2) is 9.98. The van der Waals surface area contributed by atoms with Gasteiger partial charge in [0.25, 0.3) is 0 Å². The molecule has 1 unspecified atom stereocenters. The number of H-pyrrole nitrogens is 1. The van der Waals surface area contributed by atoms with Crippen LogP contribution >= 0.6 is 0 Å². The van der Waals surface area contributed by atoms with Crippen LogP contribution in [0.5, 0.6) is 0 Å². The van der Waals surface area contributed by atoms with Crippen molar-refractivity contribution in [1.82, 2.24) is 25.5 Å². The summed E-state index contributed by atoms with van der Waals surface area (Å²) >= 11 is 0. The van der Waals surface area contributed by atoms with Crippen LogP contribution < -0.4 is 10.6 Å². The minimum atomic E-state index is -0.611. The van der Waals surface area contributed by atoms with E-state index in [-0.39, 0.29) is 11.9 Å². The molecule has 5 rings (SSSR count). The van der Waals surface area contributed by atoms with Crippen LogP contribution in [0.3, 0.4) is 0 Å². The van der Waals surface area contributed by atoms with E-state index in [4.69, 9.17) is 0 Å². The number of pyridine rings is 1. The molecule has 0 spiro atoms. The fourth-order valence-electron chi connectivity index (χ4n) is 5.99. The number of aromatic amines is 1. The first-order chi connectivity index (χ1) is 17.2. The highest BCUT2D eigenvalue weighted by Gasteiger charge is 2.34. The number of benzene rings is 1. The van der Waals surface area contributed by atoms with E-state index in [1.807, 2.05) is 13.1 Å². The molecule has 2 aromatic heterocycles. The van der Waals surface area contributed by atoms with Crippen molar-refractivity contribution in [3.63, 3.8) is 0 Å². The molecule has 192 valence electrons. The molecule has 1 aromatic carbocycles. The van der Waals surface area contributed by atoms with E-state index >= 15 is 0 Å². The van der Waals surface area contributed by atoms with E-state index in [0.717, 1.165) is 67.1 Å². The number of fused-ring (bicyclic) bond motifs is 1. The average molecular weight is 488 g/mol. The van der Waals surface area contributed by atoms with Gasteiger partial charge in [-0.3, -0.25) is 14.7 Å². The van der Waals surface area contributed by atoms with Crippen molar-refractivity contribution >= 4 is 16.8 Å². The summed E-state index contributed by atoms with van der Waals surface area (Å²) in [5, 5.41) is 8.07. The number of rotatable bonds is 6. The molecule has 2 aliphatic heterocycles. The Bertz CT molecular complexity index is 1230. The van der Waals surface area contributed by atoms with Gasteiger partial charge in [0, 0.05) is 60.1 Å². The van der Waals surface area contributed by atoms with E-state index in [0.29, 0.717) is 12.0 Å². The quantitative estimate of drug-likeness (QED) is 0.463. The summed E-state index contributed by atoms with van der Waals surface area (Å²) < 4.78 is 0. The van der Waals surface area contributed by atoms with Crippen LogP contribution in [0.2, 0.25) is 0 Å². The van der Waals surface area contributed by atoms with Gasteiger partial charge in [-0.2, -0.15) is 0 Å². The highest BCUT2D eigenvalue weighted by Crippen LogP contribution is 2.38. The number of carbonyl (C=O) groups excluding carboxylic acids is 1. The lowest BCUT2D eigenvalue weighted by atomic mass is 9.82. The van der Waals surface area contributed by atoms with E-state index in [1.165, 1.54) is 17.4 Å². The molecule has 0 aliphatic carbocycles. The SMILES string of the molecule is Cc1cc(-c2[nH]c3ccc(C(C)(C)C(=O)NC4CCN(C5CCNC5)CC4)cc3c2C(C)C)ccn1. The van der Waals surface area contributed by atoms with E-state index in [9.17, 15) is 4.79 Å². The highest BCUT2D eigenvalue weighted by molar-refractivity contribution is 5.94. The monoisotopic (exact) mass is 487 g/mol. The van der Waals surface area contributed by atoms with Gasteiger partial charge in [-0.1, -0.05) is 19.9 Å². The second-order valence-corrected chi connectivity index (χ2v) is 11.6. The number of amides is 1. The van der Waals surface area contributed by atoms with Crippen molar-refractivity contribution in [3.05, 3.63) is 53.3 Å². The summed E-state index contributed by atoms with van der Waals surface area (Å²) in [4.78, 5) is 24.2. The maximum Gasteiger partial charge on any atom is 0.230 e. The van der Waals surface area contributed by atoms with Crippen LogP contribution in [0.4, 0.5) is 0 Å². The molecule has 6 nitrogen and oxygen atoms in total. The molecule has 6 heteroatoms. The molecule has 36 heavy (non-hydrogen) atoms. The molecule has 1 atom stereocenters. The molecule has 0 radical (unpaired) electrons. The third kappa shape index (κ3) is 4.81. The lowest BCUT2D eigenvalue weighted by Crippen LogP contribution is -2.51. The summed E-state index contributed by atoms with van der Waals surface area (Å²) in [6.07, 6.45) is 5.17. The number of likely N-dealkylation sites (tertiary alicyclic amines) is 1. The topological polar surface area (TPSA) is 73.1 Å². The minimum Gasteiger partial charge on any atom is -0.354 e. The van der Waals surface area contributed by atoms with Gasteiger partial charge in [-0.25, -0.2) is 0 Å². The second-order valence-electron chi connectivity index (χ2n) is 11.6. The standard InChI is InChI=1S/C30H41N5O/c1-19(2)27-25-17-22(6-7-26(25)34-28(27)21-8-13-32-20(3)16-21)30(4,5)29(36)33-23-10-14-35(15-11-23)24-9-12-31-18-24/h6-8,13,16-17,19,23-24,31,34H,9-12,14-15,18H2,1-5H3,(H,33,36). The average Bonchev–Trinajstić information content (AvgIpc) is 3.52. The van der Waals surface area contributed by atoms with Gasteiger partial charge in [-0.05, 0) is 87.9 Å². The maximum atomic E-state index is 13.5. The Morgan fingerprint density at radius 1 is 1.14 bits per heavy atom. The van der Waals surface area contributed by atoms with Crippen molar-refractivity contribution in [2.24, 2.45) is 0 Å². The van der Waals surface area contributed by atoms with Crippen molar-refractivity contribution in [3.8, 4) is 11.3 Å². The molecule has 4 heterocycles. The Hall–Kier alpha value is -2.70. The Morgan fingerprint density at radius 3 is 2.58 bits per heavy atom. The van der Waals surface area contributed by atoms with Crippen molar-refractivity contribution in [2.45, 2.75) is 77.3 Å². The summed E-state index contributed by atoms with van der Waals surface area (Å²) in [6.45, 7) is 15.0. The van der Waals surface area contributed by atoms with Gasteiger partial charge >= 0.3 is 0 Å². The fraction of sp³-hybridized carbons (Fsp3) is 0.533. The number of hydrogen-bond donors (Lipinski definition) is 3. The van der Waals surface area contributed by atoms with Crippen molar-refractivity contribution in [2.75, 3.05) is 26.2 Å². The molecular weight excluding hydrogens is 446 g/mol. The number of carbonyl (C=O) groups is 1. The third-order valence-electron chi connectivity index (χ3n) is 8.31. The van der Waals surface area contributed by atoms with E-state index in [2.05, 4.69) is 83.5 Å². The first kappa shape index (κ1) is 25.0. The lowest BCUT2D eigenvalue weighted by molar-refractivity contribution is -0.126. The molecule has 0 saturated carbocycles. The van der Waals surface area contributed by atoms with E-state index < -0.39 is 5.41 Å². The predicted octanol–water partition coefficient (Wildman–Crippen LogP) is 4.88. The Kier molecular flexibility index (Phi) is 6.92. The van der Waals surface area contributed by atoms with Gasteiger partial charge in [0.1, 0.15) is 0 Å². The highest BCUT2D eigenvalue weighted by atomic mass is 16.2. The van der Waals surface area contributed by atoms with Gasteiger partial charge in [0.15, 0.2) is 0 Å². The smallest absolute Gasteiger partial charge is 0.230 e. The first-order valence-electron chi connectivity index (χ1n) is 13.6. The largest absolute Gasteiger partial charge is 0.354 e. The van der Waals surface area contributed by atoms with Crippen molar-refractivity contribution < 1.29 is 4.79 Å². The van der Waals surface area contributed by atoms with Crippen LogP contribution in [-0.2, 0) is 10.2 Å². The number of hydrogen-bond acceptors (Lipinski definition) is 4. The zero-order chi connectivity index (χ0) is 25.4. The van der Waals surface area contributed by atoms with Gasteiger partial charge in [-0.15, -0.1) is 0 Å². The van der Waals surface area contributed by atoms with E-state index in [1.54, 1.807) is 0 Å². The summed E-state index contributed by atoms with van der Waals surface area (Å²) in [5.74, 6) is 0.462. The number of aryl methyl sites for hydroxylation is 1. The van der Waals surface area contributed by atoms with Crippen LogP contribution in [0.15, 0.2) is 36.5 Å². The molecule has 2 fully saturated rings. The third-order valence-corrected chi connectivity index (χ3v) is 8.31. The molecule has 1 amide bonds. The summed E-state index contributed by atoms with van der Waals surface area (Å²) in [7, 11) is 0. The van der Waals surface area contributed by atoms with Gasteiger partial charge in [0.05, 0.1) is 11.1 Å². The predicted molar refractivity (Wildman–Crippen MR) is 147 cm³/mol. The number of aromatic nitrogens is 2. The van der Waals surface area contributed by atoms with Gasteiger partial charge in [0.2, 0.25) is 5.91 Å². The molecule has 2 aliphatic rings. The minimum absolute atomic E-state index is 0.120. The normalized spacial score (nSPS) is 19.9. The Balaban J connectivity index is 1.36. The molecule has 3 N–H and O–H groups in total. The van der Waals surface area contributed by atoms with Crippen LogP contribution in [0.1, 0.15) is 69.7 Å². The molecule has 0 bridgehead atoms. The Labute approximate surface area is 215 Å². The molecular formula is C30H41N5O. The first-order valence-corrected chi connectivity index (χ1v) is 13.6. The number of piperidine rings is 1. The number of nitrogens with one attached hydrogen (secondary N) is 3.